The van der Waals surface area contributed by atoms with Gasteiger partial charge < -0.3 is 14.8 Å². The number of fused-ring (bicyclic) bond motifs is 1. The van der Waals surface area contributed by atoms with Crippen molar-refractivity contribution in [1.29, 1.82) is 0 Å². The second kappa shape index (κ2) is 6.96. The van der Waals surface area contributed by atoms with Crippen LogP contribution in [0.25, 0.3) is 0 Å². The molecular formula is C21H26N2O2. The van der Waals surface area contributed by atoms with E-state index < -0.39 is 0 Å². The molecule has 0 unspecified atom stereocenters. The van der Waals surface area contributed by atoms with Gasteiger partial charge in [0.05, 0.1) is 0 Å². The van der Waals surface area contributed by atoms with Crippen LogP contribution >= 0.6 is 0 Å². The molecule has 0 atom stereocenters. The number of rotatable bonds is 4. The topological polar surface area (TPSA) is 33.7 Å². The van der Waals surface area contributed by atoms with E-state index in [-0.39, 0.29) is 0 Å². The summed E-state index contributed by atoms with van der Waals surface area (Å²) < 4.78 is 10.9. The molecular weight excluding hydrogens is 312 g/mol. The van der Waals surface area contributed by atoms with Gasteiger partial charge in [-0.2, -0.15) is 0 Å². The van der Waals surface area contributed by atoms with Crippen molar-refractivity contribution in [3.05, 3.63) is 53.1 Å². The molecule has 0 aliphatic carbocycles. The minimum Gasteiger partial charge on any atom is -0.454 e. The number of hydrogen-bond acceptors (Lipinski definition) is 4. The lowest BCUT2D eigenvalue weighted by molar-refractivity contribution is 0.173. The van der Waals surface area contributed by atoms with E-state index in [9.17, 15) is 0 Å². The number of aryl methyl sites for hydroxylation is 2. The molecule has 4 rings (SSSR count). The van der Waals surface area contributed by atoms with E-state index in [1.54, 1.807) is 0 Å². The van der Waals surface area contributed by atoms with Gasteiger partial charge in [0, 0.05) is 31.4 Å². The van der Waals surface area contributed by atoms with Crippen molar-refractivity contribution in [2.75, 3.05) is 25.2 Å². The van der Waals surface area contributed by atoms with Gasteiger partial charge in [0.2, 0.25) is 6.79 Å². The highest BCUT2D eigenvalue weighted by atomic mass is 16.7. The van der Waals surface area contributed by atoms with Gasteiger partial charge in [-0.3, -0.25) is 4.90 Å². The Labute approximate surface area is 149 Å². The Morgan fingerprint density at radius 2 is 1.80 bits per heavy atom. The van der Waals surface area contributed by atoms with Crippen molar-refractivity contribution in [2.24, 2.45) is 0 Å². The van der Waals surface area contributed by atoms with Crippen LogP contribution in [0, 0.1) is 13.8 Å². The Morgan fingerprint density at radius 1 is 1.00 bits per heavy atom. The largest absolute Gasteiger partial charge is 0.454 e. The predicted octanol–water partition coefficient (Wildman–Crippen LogP) is 4.11. The Kier molecular flexibility index (Phi) is 4.53. The van der Waals surface area contributed by atoms with Crippen molar-refractivity contribution in [3.63, 3.8) is 0 Å². The third-order valence-corrected chi connectivity index (χ3v) is 5.18. The van der Waals surface area contributed by atoms with Crippen molar-refractivity contribution in [3.8, 4) is 11.5 Å². The molecule has 0 amide bonds. The molecule has 4 heteroatoms. The summed E-state index contributed by atoms with van der Waals surface area (Å²) in [7, 11) is 0. The van der Waals surface area contributed by atoms with Crippen LogP contribution in [0.1, 0.15) is 29.5 Å². The third kappa shape index (κ3) is 3.74. The minimum absolute atomic E-state index is 0.341. The summed E-state index contributed by atoms with van der Waals surface area (Å²) in [5, 5.41) is 3.75. The Morgan fingerprint density at radius 3 is 2.64 bits per heavy atom. The van der Waals surface area contributed by atoms with E-state index in [0.29, 0.717) is 12.8 Å². The molecule has 0 radical (unpaired) electrons. The average molecular weight is 338 g/mol. The SMILES string of the molecule is Cc1ccc(C)c(NC2CCN(Cc3ccc4c(c3)OCO4)CC2)c1. The lowest BCUT2D eigenvalue weighted by Gasteiger charge is -2.33. The van der Waals surface area contributed by atoms with E-state index in [1.807, 2.05) is 6.07 Å². The fraction of sp³-hybridized carbons (Fsp3) is 0.429. The summed E-state index contributed by atoms with van der Waals surface area (Å²) in [4.78, 5) is 2.53. The maximum absolute atomic E-state index is 5.48. The first-order chi connectivity index (χ1) is 12.2. The number of nitrogens with one attached hydrogen (secondary N) is 1. The monoisotopic (exact) mass is 338 g/mol. The first-order valence-electron chi connectivity index (χ1n) is 9.12. The van der Waals surface area contributed by atoms with E-state index in [2.05, 4.69) is 54.4 Å². The van der Waals surface area contributed by atoms with Gasteiger partial charge in [-0.1, -0.05) is 18.2 Å². The van der Waals surface area contributed by atoms with E-state index >= 15 is 0 Å². The van der Waals surface area contributed by atoms with E-state index in [4.69, 9.17) is 9.47 Å². The zero-order chi connectivity index (χ0) is 17.2. The zero-order valence-electron chi connectivity index (χ0n) is 15.0. The molecule has 2 heterocycles. The molecule has 25 heavy (non-hydrogen) atoms. The van der Waals surface area contributed by atoms with Crippen LogP contribution in [0.15, 0.2) is 36.4 Å². The number of anilines is 1. The van der Waals surface area contributed by atoms with Crippen molar-refractivity contribution in [2.45, 2.75) is 39.3 Å². The number of nitrogens with zero attached hydrogens (tertiary/aromatic N) is 1. The number of benzene rings is 2. The van der Waals surface area contributed by atoms with E-state index in [1.165, 1.54) is 35.2 Å². The molecule has 2 aromatic rings. The van der Waals surface area contributed by atoms with Crippen molar-refractivity contribution >= 4 is 5.69 Å². The van der Waals surface area contributed by atoms with Gasteiger partial charge in [-0.05, 0) is 61.6 Å². The third-order valence-electron chi connectivity index (χ3n) is 5.18. The smallest absolute Gasteiger partial charge is 0.231 e. The van der Waals surface area contributed by atoms with Gasteiger partial charge in [0.15, 0.2) is 11.5 Å². The van der Waals surface area contributed by atoms with Gasteiger partial charge in [-0.25, -0.2) is 0 Å². The van der Waals surface area contributed by atoms with Crippen molar-refractivity contribution in [1.82, 2.24) is 4.90 Å². The maximum Gasteiger partial charge on any atom is 0.231 e. The Hall–Kier alpha value is -2.20. The highest BCUT2D eigenvalue weighted by Gasteiger charge is 2.20. The predicted molar refractivity (Wildman–Crippen MR) is 100 cm³/mol. The normalized spacial score (nSPS) is 17.7. The maximum atomic E-state index is 5.48. The fourth-order valence-corrected chi connectivity index (χ4v) is 3.64. The van der Waals surface area contributed by atoms with Gasteiger partial charge >= 0.3 is 0 Å². The van der Waals surface area contributed by atoms with Crippen molar-refractivity contribution < 1.29 is 9.47 Å². The lowest BCUT2D eigenvalue weighted by atomic mass is 10.0. The van der Waals surface area contributed by atoms with Crippen LogP contribution in [-0.2, 0) is 6.54 Å². The second-order valence-electron chi connectivity index (χ2n) is 7.20. The molecule has 2 aliphatic heterocycles. The van der Waals surface area contributed by atoms with Gasteiger partial charge in [-0.15, -0.1) is 0 Å². The summed E-state index contributed by atoms with van der Waals surface area (Å²) in [6.45, 7) is 7.89. The summed E-state index contributed by atoms with van der Waals surface area (Å²) in [5.74, 6) is 1.74. The molecule has 0 bridgehead atoms. The molecule has 0 aromatic heterocycles. The molecule has 1 saturated heterocycles. The zero-order valence-corrected chi connectivity index (χ0v) is 15.0. The van der Waals surface area contributed by atoms with E-state index in [0.717, 1.165) is 31.1 Å². The second-order valence-corrected chi connectivity index (χ2v) is 7.20. The number of piperidine rings is 1. The molecule has 4 nitrogen and oxygen atoms in total. The first kappa shape index (κ1) is 16.3. The summed E-state index contributed by atoms with van der Waals surface area (Å²) in [6, 6.07) is 13.5. The number of ether oxygens (including phenoxy) is 2. The lowest BCUT2D eigenvalue weighted by Crippen LogP contribution is -2.38. The highest BCUT2D eigenvalue weighted by molar-refractivity contribution is 5.53. The summed E-state index contributed by atoms with van der Waals surface area (Å²) >= 11 is 0. The van der Waals surface area contributed by atoms with Crippen LogP contribution in [0.2, 0.25) is 0 Å². The fourth-order valence-electron chi connectivity index (χ4n) is 3.64. The molecule has 1 fully saturated rings. The average Bonchev–Trinajstić information content (AvgIpc) is 3.08. The Bertz CT molecular complexity index is 752. The van der Waals surface area contributed by atoms with Crippen LogP contribution in [-0.4, -0.2) is 30.8 Å². The molecule has 2 aromatic carbocycles. The molecule has 1 N–H and O–H groups in total. The molecule has 0 saturated carbocycles. The quantitative estimate of drug-likeness (QED) is 0.910. The van der Waals surface area contributed by atoms with Gasteiger partial charge in [0.25, 0.3) is 0 Å². The summed E-state index contributed by atoms with van der Waals surface area (Å²) in [6.07, 6.45) is 2.36. The highest BCUT2D eigenvalue weighted by Crippen LogP contribution is 2.33. The molecule has 132 valence electrons. The molecule has 2 aliphatic rings. The molecule has 0 spiro atoms. The minimum atomic E-state index is 0.341. The standard InChI is InChI=1S/C21H26N2O2/c1-15-3-4-16(2)19(11-15)22-18-7-9-23(10-8-18)13-17-5-6-20-21(12-17)25-14-24-20/h3-6,11-12,18,22H,7-10,13-14H2,1-2H3. The number of likely N-dealkylation sites (tertiary alicyclic amines) is 1. The van der Waals surface area contributed by atoms with Crippen LogP contribution in [0.3, 0.4) is 0 Å². The number of hydrogen-bond donors (Lipinski definition) is 1. The van der Waals surface area contributed by atoms with Gasteiger partial charge in [0.1, 0.15) is 0 Å². The summed E-state index contributed by atoms with van der Waals surface area (Å²) in [5.41, 5.74) is 5.22. The van der Waals surface area contributed by atoms with Crippen LogP contribution in [0.5, 0.6) is 11.5 Å². The Balaban J connectivity index is 1.31. The first-order valence-corrected chi connectivity index (χ1v) is 9.12. The van der Waals surface area contributed by atoms with Crippen LogP contribution in [0.4, 0.5) is 5.69 Å². The van der Waals surface area contributed by atoms with Crippen LogP contribution < -0.4 is 14.8 Å².